The van der Waals surface area contributed by atoms with E-state index in [-0.39, 0.29) is 0 Å². The average molecular weight is 242 g/mol. The second kappa shape index (κ2) is 5.00. The standard InChI is InChI=1S/C19H14/c1-15-6-4-7-16(14-15)12-13-18-10-5-9-17-8-2-3-11-19(17)18/h2-11,14H,1H3. The van der Waals surface area contributed by atoms with Gasteiger partial charge < -0.3 is 0 Å². The summed E-state index contributed by atoms with van der Waals surface area (Å²) in [5.41, 5.74) is 3.39. The summed E-state index contributed by atoms with van der Waals surface area (Å²) in [4.78, 5) is 0. The second-order valence-electron chi connectivity index (χ2n) is 4.65. The minimum Gasteiger partial charge on any atom is -0.0616 e. The highest BCUT2D eigenvalue weighted by Crippen LogP contribution is 2.17. The lowest BCUT2D eigenvalue weighted by molar-refractivity contribution is 1.45. The summed E-state index contributed by atoms with van der Waals surface area (Å²) in [7, 11) is 0. The highest BCUT2D eigenvalue weighted by molar-refractivity contribution is 5.88. The van der Waals surface area contributed by atoms with Crippen molar-refractivity contribution < 1.29 is 0 Å². The molecule has 0 saturated heterocycles. The first-order valence-corrected chi connectivity index (χ1v) is 6.39. The summed E-state index contributed by atoms with van der Waals surface area (Å²) < 4.78 is 0. The molecular formula is C19H14. The van der Waals surface area contributed by atoms with E-state index in [0.29, 0.717) is 0 Å². The van der Waals surface area contributed by atoms with E-state index >= 15 is 0 Å². The zero-order valence-electron chi connectivity index (χ0n) is 10.9. The Hall–Kier alpha value is -2.52. The Kier molecular flexibility index (Phi) is 3.04. The van der Waals surface area contributed by atoms with Gasteiger partial charge in [0.2, 0.25) is 0 Å². The van der Waals surface area contributed by atoms with Crippen molar-refractivity contribution in [3.63, 3.8) is 0 Å². The molecule has 0 aliphatic rings. The second-order valence-corrected chi connectivity index (χ2v) is 4.65. The fraction of sp³-hybridized carbons (Fsp3) is 0.0526. The van der Waals surface area contributed by atoms with Crippen LogP contribution in [0.1, 0.15) is 16.7 Å². The number of aryl methyl sites for hydroxylation is 1. The molecule has 0 radical (unpaired) electrons. The predicted molar refractivity (Wildman–Crippen MR) is 81.1 cm³/mol. The molecule has 3 aromatic carbocycles. The monoisotopic (exact) mass is 242 g/mol. The van der Waals surface area contributed by atoms with Gasteiger partial charge in [0.25, 0.3) is 0 Å². The van der Waals surface area contributed by atoms with Crippen LogP contribution in [0.25, 0.3) is 10.8 Å². The van der Waals surface area contributed by atoms with Crippen LogP contribution in [-0.4, -0.2) is 0 Å². The maximum absolute atomic E-state index is 3.28. The quantitative estimate of drug-likeness (QED) is 0.507. The SMILES string of the molecule is Cc1cccc(C#Cc2cccc3ccccc23)c1. The van der Waals surface area contributed by atoms with E-state index in [9.17, 15) is 0 Å². The van der Waals surface area contributed by atoms with Gasteiger partial charge in [-0.05, 0) is 41.5 Å². The normalized spacial score (nSPS) is 9.95. The predicted octanol–water partition coefficient (Wildman–Crippen LogP) is 4.55. The topological polar surface area (TPSA) is 0 Å². The van der Waals surface area contributed by atoms with E-state index in [1.807, 2.05) is 12.1 Å². The Balaban J connectivity index is 2.07. The molecule has 0 aliphatic heterocycles. The van der Waals surface area contributed by atoms with Crippen molar-refractivity contribution in [1.29, 1.82) is 0 Å². The molecule has 0 saturated carbocycles. The van der Waals surface area contributed by atoms with Crippen LogP contribution in [-0.2, 0) is 0 Å². The van der Waals surface area contributed by atoms with Crippen molar-refractivity contribution in [2.45, 2.75) is 6.92 Å². The van der Waals surface area contributed by atoms with Gasteiger partial charge in [-0.25, -0.2) is 0 Å². The van der Waals surface area contributed by atoms with E-state index in [4.69, 9.17) is 0 Å². The molecule has 0 unspecified atom stereocenters. The van der Waals surface area contributed by atoms with E-state index in [0.717, 1.165) is 11.1 Å². The number of hydrogen-bond donors (Lipinski definition) is 0. The molecule has 0 heteroatoms. The van der Waals surface area contributed by atoms with Gasteiger partial charge in [-0.2, -0.15) is 0 Å². The van der Waals surface area contributed by atoms with Crippen LogP contribution < -0.4 is 0 Å². The van der Waals surface area contributed by atoms with Gasteiger partial charge in [-0.1, -0.05) is 60.4 Å². The minimum absolute atomic E-state index is 1.06. The fourth-order valence-electron chi connectivity index (χ4n) is 2.20. The molecule has 0 nitrogen and oxygen atoms in total. The molecule has 90 valence electrons. The van der Waals surface area contributed by atoms with Gasteiger partial charge in [0.1, 0.15) is 0 Å². The summed E-state index contributed by atoms with van der Waals surface area (Å²) in [6, 6.07) is 22.9. The molecule has 0 N–H and O–H groups in total. The van der Waals surface area contributed by atoms with E-state index < -0.39 is 0 Å². The van der Waals surface area contributed by atoms with Gasteiger partial charge in [-0.3, -0.25) is 0 Å². The number of fused-ring (bicyclic) bond motifs is 1. The summed E-state index contributed by atoms with van der Waals surface area (Å²) in [6.45, 7) is 2.09. The summed E-state index contributed by atoms with van der Waals surface area (Å²) in [5, 5.41) is 2.45. The van der Waals surface area contributed by atoms with Crippen LogP contribution in [0.4, 0.5) is 0 Å². The van der Waals surface area contributed by atoms with Crippen LogP contribution >= 0.6 is 0 Å². The van der Waals surface area contributed by atoms with Crippen LogP contribution in [0.15, 0.2) is 66.7 Å². The molecule has 19 heavy (non-hydrogen) atoms. The highest BCUT2D eigenvalue weighted by atomic mass is 14.0. The molecular weight excluding hydrogens is 228 g/mol. The average Bonchev–Trinajstić information content (AvgIpc) is 2.45. The molecule has 0 atom stereocenters. The molecule has 0 aliphatic carbocycles. The fourth-order valence-corrected chi connectivity index (χ4v) is 2.20. The third-order valence-electron chi connectivity index (χ3n) is 3.15. The zero-order valence-corrected chi connectivity index (χ0v) is 10.9. The molecule has 0 spiro atoms. The van der Waals surface area contributed by atoms with Crippen LogP contribution in [0, 0.1) is 18.8 Å². The first-order chi connectivity index (χ1) is 9.33. The Labute approximate surface area is 113 Å². The van der Waals surface area contributed by atoms with Crippen LogP contribution in [0.3, 0.4) is 0 Å². The van der Waals surface area contributed by atoms with Crippen molar-refractivity contribution in [3.8, 4) is 11.8 Å². The molecule has 0 bridgehead atoms. The Morgan fingerprint density at radius 3 is 2.42 bits per heavy atom. The Bertz CT molecular complexity index is 780. The highest BCUT2D eigenvalue weighted by Gasteiger charge is 1.96. The summed E-state index contributed by atoms with van der Waals surface area (Å²) in [5.74, 6) is 6.53. The number of hydrogen-bond acceptors (Lipinski definition) is 0. The van der Waals surface area contributed by atoms with Crippen molar-refractivity contribution in [2.75, 3.05) is 0 Å². The summed E-state index contributed by atoms with van der Waals surface area (Å²) in [6.07, 6.45) is 0. The van der Waals surface area contributed by atoms with E-state index in [2.05, 4.69) is 73.4 Å². The third kappa shape index (κ3) is 2.51. The van der Waals surface area contributed by atoms with Crippen molar-refractivity contribution >= 4 is 10.8 Å². The smallest absolute Gasteiger partial charge is 0.0327 e. The lowest BCUT2D eigenvalue weighted by Crippen LogP contribution is -1.80. The van der Waals surface area contributed by atoms with Gasteiger partial charge in [-0.15, -0.1) is 0 Å². The number of rotatable bonds is 0. The maximum Gasteiger partial charge on any atom is 0.0327 e. The molecule has 0 aromatic heterocycles. The molecule has 0 fully saturated rings. The first kappa shape index (κ1) is 11.6. The molecule has 3 rings (SSSR count). The van der Waals surface area contributed by atoms with Crippen LogP contribution in [0.5, 0.6) is 0 Å². The lowest BCUT2D eigenvalue weighted by atomic mass is 10.0. The Morgan fingerprint density at radius 2 is 1.53 bits per heavy atom. The lowest BCUT2D eigenvalue weighted by Gasteiger charge is -1.99. The third-order valence-corrected chi connectivity index (χ3v) is 3.15. The largest absolute Gasteiger partial charge is 0.0616 e. The molecule has 0 amide bonds. The maximum atomic E-state index is 3.28. The Morgan fingerprint density at radius 1 is 0.737 bits per heavy atom. The first-order valence-electron chi connectivity index (χ1n) is 6.39. The molecule has 0 heterocycles. The van der Waals surface area contributed by atoms with E-state index in [1.165, 1.54) is 16.3 Å². The van der Waals surface area contributed by atoms with Crippen molar-refractivity contribution in [3.05, 3.63) is 83.4 Å². The zero-order chi connectivity index (χ0) is 13.1. The van der Waals surface area contributed by atoms with Gasteiger partial charge >= 0.3 is 0 Å². The summed E-state index contributed by atoms with van der Waals surface area (Å²) >= 11 is 0. The van der Waals surface area contributed by atoms with E-state index in [1.54, 1.807) is 0 Å². The molecule has 3 aromatic rings. The van der Waals surface area contributed by atoms with Crippen LogP contribution in [0.2, 0.25) is 0 Å². The van der Waals surface area contributed by atoms with Gasteiger partial charge in [0.05, 0.1) is 0 Å². The van der Waals surface area contributed by atoms with Crippen molar-refractivity contribution in [2.24, 2.45) is 0 Å². The minimum atomic E-state index is 1.06. The van der Waals surface area contributed by atoms with Crippen molar-refractivity contribution in [1.82, 2.24) is 0 Å². The van der Waals surface area contributed by atoms with Gasteiger partial charge in [0.15, 0.2) is 0 Å². The number of benzene rings is 3. The van der Waals surface area contributed by atoms with Gasteiger partial charge in [0, 0.05) is 11.1 Å².